The van der Waals surface area contributed by atoms with Crippen molar-refractivity contribution in [3.05, 3.63) is 0 Å². The Morgan fingerprint density at radius 2 is 1.81 bits per heavy atom. The Labute approximate surface area is 94.8 Å². The second-order valence-electron chi connectivity index (χ2n) is 3.29. The summed E-state index contributed by atoms with van der Waals surface area (Å²) < 4.78 is 62.2. The fraction of sp³-hybridized carbons (Fsp3) is 0.889. The molecule has 0 heterocycles. The van der Waals surface area contributed by atoms with Crippen molar-refractivity contribution in [2.24, 2.45) is 0 Å². The second-order valence-corrected chi connectivity index (χ2v) is 4.56. The molecule has 96 valence electrons. The fourth-order valence-electron chi connectivity index (χ4n) is 0.971. The van der Waals surface area contributed by atoms with Crippen molar-refractivity contribution in [1.29, 1.82) is 0 Å². The van der Waals surface area contributed by atoms with Crippen molar-refractivity contribution >= 4 is 16.9 Å². The van der Waals surface area contributed by atoms with E-state index in [0.29, 0.717) is 11.8 Å². The first-order valence-corrected chi connectivity index (χ1v) is 5.67. The molecule has 0 N–H and O–H groups in total. The Kier molecular flexibility index (Phi) is 6.94. The van der Waals surface area contributed by atoms with E-state index in [-0.39, 0.29) is 10.9 Å². The molecule has 0 spiro atoms. The maximum Gasteiger partial charge on any atom is 0.279 e. The van der Waals surface area contributed by atoms with Gasteiger partial charge in [0.15, 0.2) is 11.3 Å². The molecule has 0 fully saturated rings. The van der Waals surface area contributed by atoms with E-state index in [2.05, 4.69) is 0 Å². The highest BCUT2D eigenvalue weighted by Gasteiger charge is 2.39. The van der Waals surface area contributed by atoms with E-state index in [0.717, 1.165) is 0 Å². The van der Waals surface area contributed by atoms with Crippen LogP contribution >= 0.6 is 11.8 Å². The molecule has 1 unspecified atom stereocenters. The molecule has 0 radical (unpaired) electrons. The van der Waals surface area contributed by atoms with Crippen molar-refractivity contribution in [3.63, 3.8) is 0 Å². The van der Waals surface area contributed by atoms with Gasteiger partial charge in [0.1, 0.15) is 0 Å². The van der Waals surface area contributed by atoms with E-state index >= 15 is 0 Å². The smallest absolute Gasteiger partial charge is 0.279 e. The lowest BCUT2D eigenvalue weighted by atomic mass is 10.1. The summed E-state index contributed by atoms with van der Waals surface area (Å²) in [6, 6.07) is 0. The third-order valence-corrected chi connectivity index (χ3v) is 2.65. The van der Waals surface area contributed by atoms with E-state index in [9.17, 15) is 26.7 Å². The summed E-state index contributed by atoms with van der Waals surface area (Å²) in [6.45, 7) is 1.21. The minimum absolute atomic E-state index is 0.211. The van der Waals surface area contributed by atoms with Gasteiger partial charge in [-0.05, 0) is 6.42 Å². The molecular formula is C9H13F5OS. The number of hydrogen-bond donors (Lipinski definition) is 0. The molecule has 0 saturated carbocycles. The van der Waals surface area contributed by atoms with Gasteiger partial charge in [-0.2, -0.15) is 0 Å². The summed E-state index contributed by atoms with van der Waals surface area (Å²) in [5.74, 6) is -3.85. The highest BCUT2D eigenvalue weighted by molar-refractivity contribution is 8.13. The first-order chi connectivity index (χ1) is 7.25. The lowest BCUT2D eigenvalue weighted by molar-refractivity contribution is -0.109. The molecule has 0 saturated heterocycles. The predicted octanol–water partition coefficient (Wildman–Crippen LogP) is 3.67. The summed E-state index contributed by atoms with van der Waals surface area (Å²) in [4.78, 5) is 10.4. The van der Waals surface area contributed by atoms with Crippen molar-refractivity contribution in [2.75, 3.05) is 5.75 Å². The lowest BCUT2D eigenvalue weighted by Gasteiger charge is -2.20. The van der Waals surface area contributed by atoms with Crippen LogP contribution in [0.15, 0.2) is 0 Å². The molecule has 0 aliphatic carbocycles. The SMILES string of the molecule is CC(=O)SCCC(F)(F)C(F)CCC(F)F. The van der Waals surface area contributed by atoms with Gasteiger partial charge in [-0.15, -0.1) is 0 Å². The summed E-state index contributed by atoms with van der Waals surface area (Å²) in [5.41, 5.74) is 0. The molecule has 0 aliphatic rings. The van der Waals surface area contributed by atoms with Crippen molar-refractivity contribution in [2.45, 2.75) is 44.7 Å². The Morgan fingerprint density at radius 1 is 1.25 bits per heavy atom. The second kappa shape index (κ2) is 7.09. The number of carbonyl (C=O) groups is 1. The van der Waals surface area contributed by atoms with Gasteiger partial charge in [-0.1, -0.05) is 11.8 Å². The van der Waals surface area contributed by atoms with Gasteiger partial charge in [0.25, 0.3) is 5.92 Å². The van der Waals surface area contributed by atoms with Gasteiger partial charge < -0.3 is 0 Å². The van der Waals surface area contributed by atoms with Crippen LogP contribution in [0.25, 0.3) is 0 Å². The minimum atomic E-state index is -3.64. The highest BCUT2D eigenvalue weighted by atomic mass is 32.2. The molecule has 0 aliphatic heterocycles. The van der Waals surface area contributed by atoms with Crippen LogP contribution in [0.5, 0.6) is 0 Å². The molecule has 0 rings (SSSR count). The zero-order valence-electron chi connectivity index (χ0n) is 8.69. The number of alkyl halides is 5. The van der Waals surface area contributed by atoms with Gasteiger partial charge in [0.05, 0.1) is 0 Å². The quantitative estimate of drug-likeness (QED) is 0.652. The first kappa shape index (κ1) is 15.7. The number of hydrogen-bond acceptors (Lipinski definition) is 2. The maximum atomic E-state index is 13.0. The molecule has 0 bridgehead atoms. The number of halogens is 5. The Balaban J connectivity index is 3.94. The van der Waals surface area contributed by atoms with Crippen LogP contribution in [-0.4, -0.2) is 29.4 Å². The zero-order chi connectivity index (χ0) is 12.8. The van der Waals surface area contributed by atoms with Crippen molar-refractivity contribution in [3.8, 4) is 0 Å². The number of thioether (sulfide) groups is 1. The minimum Gasteiger partial charge on any atom is -0.288 e. The molecule has 0 amide bonds. The van der Waals surface area contributed by atoms with E-state index in [1.165, 1.54) is 6.92 Å². The van der Waals surface area contributed by atoms with E-state index < -0.39 is 37.8 Å². The van der Waals surface area contributed by atoms with E-state index in [4.69, 9.17) is 0 Å². The summed E-state index contributed by atoms with van der Waals surface area (Å²) >= 11 is 0.666. The van der Waals surface area contributed by atoms with Gasteiger partial charge in [-0.3, -0.25) is 4.79 Å². The molecule has 7 heteroatoms. The highest BCUT2D eigenvalue weighted by Crippen LogP contribution is 2.30. The summed E-state index contributed by atoms with van der Waals surface area (Å²) in [7, 11) is 0. The van der Waals surface area contributed by atoms with Crippen LogP contribution in [0.4, 0.5) is 22.0 Å². The molecule has 0 aromatic rings. The normalized spacial score (nSPS) is 14.2. The first-order valence-electron chi connectivity index (χ1n) is 4.69. The molecule has 1 atom stereocenters. The topological polar surface area (TPSA) is 17.1 Å². The third kappa shape index (κ3) is 7.03. The molecule has 16 heavy (non-hydrogen) atoms. The Morgan fingerprint density at radius 3 is 2.25 bits per heavy atom. The molecular weight excluding hydrogens is 251 g/mol. The lowest BCUT2D eigenvalue weighted by Crippen LogP contribution is -2.31. The molecule has 0 aromatic carbocycles. The monoisotopic (exact) mass is 264 g/mol. The zero-order valence-corrected chi connectivity index (χ0v) is 9.51. The fourth-order valence-corrected chi connectivity index (χ4v) is 1.63. The Hall–Kier alpha value is -0.330. The average molecular weight is 264 g/mol. The molecule has 1 nitrogen and oxygen atoms in total. The summed E-state index contributed by atoms with van der Waals surface area (Å²) in [5, 5.41) is -0.334. The van der Waals surface area contributed by atoms with E-state index in [1.54, 1.807) is 0 Å². The van der Waals surface area contributed by atoms with Crippen LogP contribution in [0, 0.1) is 0 Å². The van der Waals surface area contributed by atoms with Gasteiger partial charge in [0.2, 0.25) is 6.43 Å². The van der Waals surface area contributed by atoms with Crippen LogP contribution in [0.3, 0.4) is 0 Å². The number of rotatable bonds is 7. The standard InChI is InChI=1S/C9H13F5OS/c1-6(15)16-5-4-9(13,14)7(10)2-3-8(11)12/h7-8H,2-5H2,1H3. The Bertz CT molecular complexity index is 222. The number of carbonyl (C=O) groups excluding carboxylic acids is 1. The average Bonchev–Trinajstić information content (AvgIpc) is 2.12. The maximum absolute atomic E-state index is 13.0. The third-order valence-electron chi connectivity index (χ3n) is 1.84. The van der Waals surface area contributed by atoms with Gasteiger partial charge in [0, 0.05) is 25.5 Å². The van der Waals surface area contributed by atoms with E-state index in [1.807, 2.05) is 0 Å². The predicted molar refractivity (Wildman–Crippen MR) is 52.8 cm³/mol. The van der Waals surface area contributed by atoms with Gasteiger partial charge >= 0.3 is 0 Å². The van der Waals surface area contributed by atoms with Crippen LogP contribution in [0.1, 0.15) is 26.2 Å². The molecule has 0 aromatic heterocycles. The van der Waals surface area contributed by atoms with Crippen LogP contribution < -0.4 is 0 Å². The van der Waals surface area contributed by atoms with Crippen molar-refractivity contribution < 1.29 is 26.7 Å². The summed E-state index contributed by atoms with van der Waals surface area (Å²) in [6.07, 6.45) is -7.91. The van der Waals surface area contributed by atoms with Gasteiger partial charge in [-0.25, -0.2) is 22.0 Å². The van der Waals surface area contributed by atoms with Crippen molar-refractivity contribution in [1.82, 2.24) is 0 Å². The van der Waals surface area contributed by atoms with Crippen LogP contribution in [-0.2, 0) is 4.79 Å². The largest absolute Gasteiger partial charge is 0.288 e. The van der Waals surface area contributed by atoms with Crippen LogP contribution in [0.2, 0.25) is 0 Å².